The van der Waals surface area contributed by atoms with Gasteiger partial charge >= 0.3 is 0 Å². The summed E-state index contributed by atoms with van der Waals surface area (Å²) in [6, 6.07) is 0. The van der Waals surface area contributed by atoms with Crippen molar-refractivity contribution in [3.05, 3.63) is 0 Å². The quantitative estimate of drug-likeness (QED) is 0.832. The molecule has 0 amide bonds. The zero-order valence-corrected chi connectivity index (χ0v) is 13.4. The van der Waals surface area contributed by atoms with Gasteiger partial charge in [0.15, 0.2) is 4.34 Å². The Balaban J connectivity index is 1.93. The molecule has 1 aromatic heterocycles. The Morgan fingerprint density at radius 1 is 1.53 bits per heavy atom. The topological polar surface area (TPSA) is 61.3 Å². The Hall–Kier alpha value is -0.370. The van der Waals surface area contributed by atoms with Gasteiger partial charge in [-0.15, -0.1) is 10.2 Å². The highest BCUT2D eigenvalue weighted by atomic mass is 32.2. The van der Waals surface area contributed by atoms with Gasteiger partial charge in [0.05, 0.1) is 6.61 Å². The second-order valence-corrected chi connectivity index (χ2v) is 7.70. The molecule has 0 aromatic carbocycles. The van der Waals surface area contributed by atoms with Crippen LogP contribution in [0.1, 0.15) is 26.2 Å². The van der Waals surface area contributed by atoms with Crippen molar-refractivity contribution in [2.24, 2.45) is 0 Å². The van der Waals surface area contributed by atoms with E-state index in [-0.39, 0.29) is 12.1 Å². The lowest BCUT2D eigenvalue weighted by atomic mass is 9.99. The third-order valence-electron chi connectivity index (χ3n) is 3.46. The van der Waals surface area contributed by atoms with Crippen molar-refractivity contribution in [1.29, 1.82) is 0 Å². The van der Waals surface area contributed by atoms with Crippen LogP contribution < -0.4 is 10.2 Å². The predicted molar refractivity (Wildman–Crippen MR) is 81.2 cm³/mol. The summed E-state index contributed by atoms with van der Waals surface area (Å²) in [5.41, 5.74) is -0.0819. The third-order valence-corrected chi connectivity index (χ3v) is 5.91. The molecule has 0 bridgehead atoms. The molecule has 0 saturated heterocycles. The summed E-state index contributed by atoms with van der Waals surface area (Å²) in [6.07, 6.45) is 3.16. The van der Waals surface area contributed by atoms with Gasteiger partial charge in [-0.1, -0.05) is 30.0 Å². The van der Waals surface area contributed by atoms with Gasteiger partial charge < -0.3 is 15.3 Å². The van der Waals surface area contributed by atoms with Crippen LogP contribution >= 0.6 is 23.1 Å². The molecule has 108 valence electrons. The number of anilines is 1. The fourth-order valence-electron chi connectivity index (χ4n) is 2.49. The minimum absolute atomic E-state index is 0.0819. The number of nitrogens with zero attached hydrogens (tertiary/aromatic N) is 3. The van der Waals surface area contributed by atoms with Crippen LogP contribution in [0.2, 0.25) is 0 Å². The monoisotopic (exact) mass is 302 g/mol. The first-order valence-corrected chi connectivity index (χ1v) is 8.31. The molecule has 1 fully saturated rings. The summed E-state index contributed by atoms with van der Waals surface area (Å²) in [5.74, 6) is 0. The van der Waals surface area contributed by atoms with Gasteiger partial charge in [-0.2, -0.15) is 0 Å². The smallest absolute Gasteiger partial charge is 0.208 e. The predicted octanol–water partition coefficient (Wildman–Crippen LogP) is 1.59. The van der Waals surface area contributed by atoms with Crippen LogP contribution in [0.4, 0.5) is 5.13 Å². The minimum atomic E-state index is -0.0819. The van der Waals surface area contributed by atoms with E-state index in [1.54, 1.807) is 23.1 Å². The molecular weight excluding hydrogens is 280 g/mol. The fraction of sp³-hybridized carbons (Fsp3) is 0.833. The van der Waals surface area contributed by atoms with E-state index < -0.39 is 0 Å². The van der Waals surface area contributed by atoms with Crippen molar-refractivity contribution in [1.82, 2.24) is 15.5 Å². The van der Waals surface area contributed by atoms with E-state index >= 15 is 0 Å². The molecule has 0 spiro atoms. The number of hydrogen-bond donors (Lipinski definition) is 2. The highest BCUT2D eigenvalue weighted by Gasteiger charge is 2.38. The van der Waals surface area contributed by atoms with E-state index in [0.717, 1.165) is 35.3 Å². The largest absolute Gasteiger partial charge is 0.394 e. The molecule has 1 saturated carbocycles. The van der Waals surface area contributed by atoms with Crippen molar-refractivity contribution in [3.8, 4) is 0 Å². The summed E-state index contributed by atoms with van der Waals surface area (Å²) >= 11 is 3.43. The summed E-state index contributed by atoms with van der Waals surface area (Å²) < 4.78 is 1.03. The molecule has 19 heavy (non-hydrogen) atoms. The zero-order valence-electron chi connectivity index (χ0n) is 11.7. The number of hydrogen-bond acceptors (Lipinski definition) is 7. The lowest BCUT2D eigenvalue weighted by Crippen LogP contribution is -2.46. The van der Waals surface area contributed by atoms with Crippen LogP contribution in [-0.4, -0.2) is 53.3 Å². The standard InChI is InChI=1S/C12H22N4OS2/c1-4-13-12(8-17)6-5-9(7-12)18-11-15-14-10(19-11)16(2)3/h9,13,17H,4-8H2,1-3H3. The maximum atomic E-state index is 9.60. The Morgan fingerprint density at radius 2 is 2.32 bits per heavy atom. The van der Waals surface area contributed by atoms with Gasteiger partial charge in [-0.25, -0.2) is 0 Å². The van der Waals surface area contributed by atoms with Crippen molar-refractivity contribution < 1.29 is 5.11 Å². The van der Waals surface area contributed by atoms with Crippen LogP contribution in [0.5, 0.6) is 0 Å². The van der Waals surface area contributed by atoms with Crippen LogP contribution in [0.25, 0.3) is 0 Å². The van der Waals surface area contributed by atoms with E-state index in [9.17, 15) is 5.11 Å². The second-order valence-electron chi connectivity index (χ2n) is 5.20. The van der Waals surface area contributed by atoms with Crippen molar-refractivity contribution >= 4 is 28.2 Å². The van der Waals surface area contributed by atoms with E-state index in [4.69, 9.17) is 0 Å². The molecule has 1 heterocycles. The molecule has 5 nitrogen and oxygen atoms in total. The molecule has 2 N–H and O–H groups in total. The van der Waals surface area contributed by atoms with Gasteiger partial charge in [0.25, 0.3) is 0 Å². The summed E-state index contributed by atoms with van der Waals surface area (Å²) in [6.45, 7) is 3.21. The first-order valence-electron chi connectivity index (χ1n) is 6.62. The van der Waals surface area contributed by atoms with Gasteiger partial charge in [-0.05, 0) is 25.8 Å². The van der Waals surface area contributed by atoms with Gasteiger partial charge in [0.1, 0.15) is 0 Å². The second kappa shape index (κ2) is 6.39. The summed E-state index contributed by atoms with van der Waals surface area (Å²) in [4.78, 5) is 1.98. The maximum Gasteiger partial charge on any atom is 0.208 e. The highest BCUT2D eigenvalue weighted by molar-refractivity contribution is 8.01. The minimum Gasteiger partial charge on any atom is -0.394 e. The average molecular weight is 302 g/mol. The zero-order chi connectivity index (χ0) is 13.9. The van der Waals surface area contributed by atoms with Gasteiger partial charge in [0, 0.05) is 24.9 Å². The Bertz CT molecular complexity index is 412. The highest BCUT2D eigenvalue weighted by Crippen LogP contribution is 2.41. The first-order chi connectivity index (χ1) is 9.08. The number of aliphatic hydroxyl groups is 1. The number of likely N-dealkylation sites (N-methyl/N-ethyl adjacent to an activating group) is 1. The first kappa shape index (κ1) is 15.0. The molecule has 2 unspecified atom stereocenters. The van der Waals surface area contributed by atoms with E-state index in [1.807, 2.05) is 19.0 Å². The van der Waals surface area contributed by atoms with Crippen LogP contribution in [0.15, 0.2) is 4.34 Å². The summed E-state index contributed by atoms with van der Waals surface area (Å²) in [7, 11) is 3.96. The number of thioether (sulfide) groups is 1. The van der Waals surface area contributed by atoms with E-state index in [2.05, 4.69) is 22.4 Å². The molecule has 0 aliphatic heterocycles. The third kappa shape index (κ3) is 3.59. The lowest BCUT2D eigenvalue weighted by Gasteiger charge is -2.27. The van der Waals surface area contributed by atoms with E-state index in [0.29, 0.717) is 5.25 Å². The molecule has 7 heteroatoms. The van der Waals surface area contributed by atoms with Gasteiger partial charge in [0.2, 0.25) is 5.13 Å². The number of aliphatic hydroxyl groups excluding tert-OH is 1. The molecule has 1 aliphatic rings. The Labute approximate surface area is 122 Å². The number of rotatable bonds is 6. The van der Waals surface area contributed by atoms with Crippen molar-refractivity contribution in [3.63, 3.8) is 0 Å². The van der Waals surface area contributed by atoms with Crippen LogP contribution in [0.3, 0.4) is 0 Å². The van der Waals surface area contributed by atoms with Crippen molar-refractivity contribution in [2.45, 2.75) is 41.3 Å². The molecule has 1 aliphatic carbocycles. The Morgan fingerprint density at radius 3 is 2.89 bits per heavy atom. The molecule has 1 aromatic rings. The van der Waals surface area contributed by atoms with Crippen LogP contribution in [0, 0.1) is 0 Å². The Kier molecular flexibility index (Phi) is 5.05. The van der Waals surface area contributed by atoms with Crippen molar-refractivity contribution in [2.75, 3.05) is 32.1 Å². The fourth-order valence-corrected chi connectivity index (χ4v) is 4.82. The van der Waals surface area contributed by atoms with Crippen LogP contribution in [-0.2, 0) is 0 Å². The SMILES string of the molecule is CCNC1(CO)CCC(Sc2nnc(N(C)C)s2)C1. The van der Waals surface area contributed by atoms with E-state index in [1.165, 1.54) is 0 Å². The number of nitrogens with one attached hydrogen (secondary N) is 1. The number of aromatic nitrogens is 2. The normalized spacial score (nSPS) is 26.8. The maximum absolute atomic E-state index is 9.60. The molecule has 2 rings (SSSR count). The molecule has 2 atom stereocenters. The molecular formula is C12H22N4OS2. The van der Waals surface area contributed by atoms with Gasteiger partial charge in [-0.3, -0.25) is 0 Å². The lowest BCUT2D eigenvalue weighted by molar-refractivity contribution is 0.167. The average Bonchev–Trinajstić information content (AvgIpc) is 2.98. The summed E-state index contributed by atoms with van der Waals surface area (Å²) in [5, 5.41) is 22.9. The molecule has 0 radical (unpaired) electrons.